The predicted molar refractivity (Wildman–Crippen MR) is 47.8 cm³/mol. The van der Waals surface area contributed by atoms with E-state index >= 15 is 0 Å². The normalized spacial score (nSPS) is 18.8. The van der Waals surface area contributed by atoms with Crippen LogP contribution in [0, 0.1) is 0 Å². The lowest BCUT2D eigenvalue weighted by molar-refractivity contribution is 0.284. The van der Waals surface area contributed by atoms with Crippen molar-refractivity contribution in [3.63, 3.8) is 0 Å². The first-order valence-electron chi connectivity index (χ1n) is 4.63. The van der Waals surface area contributed by atoms with Crippen molar-refractivity contribution in [3.05, 3.63) is 18.0 Å². The van der Waals surface area contributed by atoms with Crippen molar-refractivity contribution in [1.29, 1.82) is 0 Å². The quantitative estimate of drug-likeness (QED) is 0.621. The Morgan fingerprint density at radius 2 is 2.42 bits per heavy atom. The van der Waals surface area contributed by atoms with Gasteiger partial charge in [-0.1, -0.05) is 6.92 Å². The van der Waals surface area contributed by atoms with Crippen LogP contribution in [0.3, 0.4) is 0 Å². The topological polar surface area (TPSA) is 21.1 Å². The first kappa shape index (κ1) is 7.80. The van der Waals surface area contributed by atoms with Crippen LogP contribution in [0.4, 0.5) is 0 Å². The second-order valence-corrected chi connectivity index (χ2v) is 3.27. The van der Waals surface area contributed by atoms with Gasteiger partial charge in [-0.2, -0.15) is 5.10 Å². The fourth-order valence-electron chi connectivity index (χ4n) is 1.72. The number of aryl methyl sites for hydroxylation is 1. The van der Waals surface area contributed by atoms with Crippen LogP contribution < -0.4 is 0 Å². The molecule has 0 radical (unpaired) electrons. The zero-order chi connectivity index (χ0) is 8.39. The molecule has 66 valence electrons. The maximum absolute atomic E-state index is 4.28. The minimum Gasteiger partial charge on any atom is -0.298 e. The molecule has 0 atom stereocenters. The molecule has 1 aromatic rings. The molecule has 2 rings (SSSR count). The van der Waals surface area contributed by atoms with Gasteiger partial charge in [-0.25, -0.2) is 0 Å². The molecule has 0 saturated carbocycles. The Hall–Kier alpha value is -0.830. The molecule has 0 N–H and O–H groups in total. The molecular weight excluding hydrogens is 150 g/mol. The fraction of sp³-hybridized carbons (Fsp3) is 0.667. The Kier molecular flexibility index (Phi) is 2.13. The van der Waals surface area contributed by atoms with E-state index in [1.54, 1.807) is 0 Å². The van der Waals surface area contributed by atoms with Crippen molar-refractivity contribution in [2.45, 2.75) is 26.4 Å². The molecule has 0 spiro atoms. The third-order valence-electron chi connectivity index (χ3n) is 2.48. The molecule has 0 bridgehead atoms. The largest absolute Gasteiger partial charge is 0.298 e. The molecule has 1 aromatic heterocycles. The molecule has 0 aliphatic carbocycles. The fourth-order valence-corrected chi connectivity index (χ4v) is 1.72. The molecule has 0 saturated heterocycles. The third kappa shape index (κ3) is 1.37. The number of hydrogen-bond donors (Lipinski definition) is 0. The number of hydrogen-bond acceptors (Lipinski definition) is 2. The summed E-state index contributed by atoms with van der Waals surface area (Å²) in [5.74, 6) is 0. The van der Waals surface area contributed by atoms with Gasteiger partial charge in [-0.05, 0) is 19.0 Å². The first-order chi connectivity index (χ1) is 5.90. The highest BCUT2D eigenvalue weighted by Crippen LogP contribution is 2.10. The SMILES string of the molecule is CCN1CCCn2nccc2C1. The molecule has 3 heteroatoms. The van der Waals surface area contributed by atoms with Crippen LogP contribution in [-0.2, 0) is 13.1 Å². The van der Waals surface area contributed by atoms with Crippen LogP contribution in [-0.4, -0.2) is 27.8 Å². The minimum absolute atomic E-state index is 1.07. The van der Waals surface area contributed by atoms with Gasteiger partial charge in [-0.15, -0.1) is 0 Å². The van der Waals surface area contributed by atoms with Gasteiger partial charge in [0.05, 0.1) is 5.69 Å². The van der Waals surface area contributed by atoms with Gasteiger partial charge in [0, 0.05) is 25.8 Å². The average Bonchev–Trinajstić information content (AvgIpc) is 2.43. The molecule has 0 aromatic carbocycles. The van der Waals surface area contributed by atoms with Crippen molar-refractivity contribution in [2.75, 3.05) is 13.1 Å². The lowest BCUT2D eigenvalue weighted by atomic mass is 10.4. The Morgan fingerprint density at radius 1 is 1.50 bits per heavy atom. The Balaban J connectivity index is 2.18. The van der Waals surface area contributed by atoms with E-state index in [9.17, 15) is 0 Å². The molecule has 0 amide bonds. The van der Waals surface area contributed by atoms with Gasteiger partial charge in [-0.3, -0.25) is 9.58 Å². The summed E-state index contributed by atoms with van der Waals surface area (Å²) in [5, 5.41) is 4.28. The molecule has 0 unspecified atom stereocenters. The van der Waals surface area contributed by atoms with Crippen molar-refractivity contribution in [3.8, 4) is 0 Å². The molecule has 1 aliphatic heterocycles. The van der Waals surface area contributed by atoms with Crippen molar-refractivity contribution in [1.82, 2.24) is 14.7 Å². The summed E-state index contributed by atoms with van der Waals surface area (Å²) in [6, 6.07) is 2.12. The summed E-state index contributed by atoms with van der Waals surface area (Å²) in [4.78, 5) is 2.46. The standard InChI is InChI=1S/C9H15N3/c1-2-11-6-3-7-12-9(8-11)4-5-10-12/h4-5H,2-3,6-8H2,1H3. The summed E-state index contributed by atoms with van der Waals surface area (Å²) in [5.41, 5.74) is 1.36. The van der Waals surface area contributed by atoms with E-state index in [-0.39, 0.29) is 0 Å². The number of rotatable bonds is 1. The maximum atomic E-state index is 4.28. The number of aromatic nitrogens is 2. The zero-order valence-electron chi connectivity index (χ0n) is 7.53. The highest BCUT2D eigenvalue weighted by molar-refractivity contribution is 5.01. The highest BCUT2D eigenvalue weighted by atomic mass is 15.3. The molecule has 3 nitrogen and oxygen atoms in total. The monoisotopic (exact) mass is 165 g/mol. The molecule has 0 fully saturated rings. The number of nitrogens with zero attached hydrogens (tertiary/aromatic N) is 3. The molecule has 2 heterocycles. The zero-order valence-corrected chi connectivity index (χ0v) is 7.53. The minimum atomic E-state index is 1.07. The Labute approximate surface area is 73.0 Å². The van der Waals surface area contributed by atoms with Crippen molar-refractivity contribution >= 4 is 0 Å². The smallest absolute Gasteiger partial charge is 0.0524 e. The summed E-state index contributed by atoms with van der Waals surface area (Å²) >= 11 is 0. The Morgan fingerprint density at radius 3 is 3.25 bits per heavy atom. The van der Waals surface area contributed by atoms with E-state index in [4.69, 9.17) is 0 Å². The maximum Gasteiger partial charge on any atom is 0.0524 e. The van der Waals surface area contributed by atoms with E-state index in [0.717, 1.165) is 19.6 Å². The summed E-state index contributed by atoms with van der Waals surface area (Å²) < 4.78 is 2.12. The van der Waals surface area contributed by atoms with Crippen LogP contribution in [0.15, 0.2) is 12.3 Å². The summed E-state index contributed by atoms with van der Waals surface area (Å²) in [7, 11) is 0. The van der Waals surface area contributed by atoms with Crippen molar-refractivity contribution < 1.29 is 0 Å². The van der Waals surface area contributed by atoms with Crippen LogP contribution in [0.5, 0.6) is 0 Å². The third-order valence-corrected chi connectivity index (χ3v) is 2.48. The lowest BCUT2D eigenvalue weighted by Gasteiger charge is -2.15. The van der Waals surface area contributed by atoms with E-state index in [2.05, 4.69) is 27.7 Å². The molecule has 1 aliphatic rings. The van der Waals surface area contributed by atoms with Gasteiger partial charge in [0.2, 0.25) is 0 Å². The van der Waals surface area contributed by atoms with Gasteiger partial charge < -0.3 is 0 Å². The van der Waals surface area contributed by atoms with E-state index in [1.807, 2.05) is 6.20 Å². The Bertz CT molecular complexity index is 254. The molecule has 12 heavy (non-hydrogen) atoms. The van der Waals surface area contributed by atoms with Gasteiger partial charge in [0.15, 0.2) is 0 Å². The van der Waals surface area contributed by atoms with Crippen LogP contribution in [0.25, 0.3) is 0 Å². The average molecular weight is 165 g/mol. The molecular formula is C9H15N3. The number of fused-ring (bicyclic) bond motifs is 1. The second-order valence-electron chi connectivity index (χ2n) is 3.27. The van der Waals surface area contributed by atoms with Crippen molar-refractivity contribution in [2.24, 2.45) is 0 Å². The van der Waals surface area contributed by atoms with Gasteiger partial charge in [0.1, 0.15) is 0 Å². The van der Waals surface area contributed by atoms with Crippen LogP contribution >= 0.6 is 0 Å². The van der Waals surface area contributed by atoms with E-state index in [0.29, 0.717) is 0 Å². The summed E-state index contributed by atoms with van der Waals surface area (Å²) in [6.07, 6.45) is 3.12. The van der Waals surface area contributed by atoms with E-state index in [1.165, 1.54) is 18.7 Å². The highest BCUT2D eigenvalue weighted by Gasteiger charge is 2.11. The van der Waals surface area contributed by atoms with E-state index < -0.39 is 0 Å². The predicted octanol–water partition coefficient (Wildman–Crippen LogP) is 1.11. The van der Waals surface area contributed by atoms with Gasteiger partial charge >= 0.3 is 0 Å². The second kappa shape index (κ2) is 3.27. The van der Waals surface area contributed by atoms with Crippen LogP contribution in [0.2, 0.25) is 0 Å². The summed E-state index contributed by atoms with van der Waals surface area (Å²) in [6.45, 7) is 6.71. The lowest BCUT2D eigenvalue weighted by Crippen LogP contribution is -2.22. The van der Waals surface area contributed by atoms with Crippen LogP contribution in [0.1, 0.15) is 19.0 Å². The van der Waals surface area contributed by atoms with Gasteiger partial charge in [0.25, 0.3) is 0 Å². The first-order valence-corrected chi connectivity index (χ1v) is 4.63.